The zero-order chi connectivity index (χ0) is 15.1. The van der Waals surface area contributed by atoms with Gasteiger partial charge in [-0.3, -0.25) is 0 Å². The van der Waals surface area contributed by atoms with E-state index in [9.17, 15) is 4.79 Å². The minimum atomic E-state index is -0.344. The van der Waals surface area contributed by atoms with Crippen molar-refractivity contribution in [1.29, 1.82) is 0 Å². The Morgan fingerprint density at radius 2 is 2.10 bits per heavy atom. The highest BCUT2D eigenvalue weighted by atomic mass is 16.5. The molecule has 0 amide bonds. The summed E-state index contributed by atoms with van der Waals surface area (Å²) in [5.74, 6) is 0.314. The second-order valence-electron chi connectivity index (χ2n) is 4.73. The Morgan fingerprint density at radius 1 is 1.33 bits per heavy atom. The van der Waals surface area contributed by atoms with E-state index in [0.29, 0.717) is 12.4 Å². The van der Waals surface area contributed by atoms with Gasteiger partial charge in [0.05, 0.1) is 12.3 Å². The van der Waals surface area contributed by atoms with Crippen molar-refractivity contribution in [3.8, 4) is 11.3 Å². The Balaban J connectivity index is 2.13. The Morgan fingerprint density at radius 3 is 2.81 bits per heavy atom. The Hall–Kier alpha value is -2.36. The van der Waals surface area contributed by atoms with Gasteiger partial charge in [0.1, 0.15) is 0 Å². The van der Waals surface area contributed by atoms with E-state index in [1.165, 1.54) is 6.08 Å². The summed E-state index contributed by atoms with van der Waals surface area (Å²) in [6, 6.07) is 9.68. The number of ether oxygens (including phenoxy) is 1. The van der Waals surface area contributed by atoms with Crippen LogP contribution in [0.2, 0.25) is 0 Å². The van der Waals surface area contributed by atoms with E-state index in [1.807, 2.05) is 37.3 Å². The highest BCUT2D eigenvalue weighted by Crippen LogP contribution is 2.26. The Bertz CT molecular complexity index is 614. The molecule has 0 aliphatic rings. The van der Waals surface area contributed by atoms with E-state index in [4.69, 9.17) is 9.26 Å². The molecule has 0 saturated carbocycles. The van der Waals surface area contributed by atoms with E-state index in [2.05, 4.69) is 12.1 Å². The van der Waals surface area contributed by atoms with Crippen molar-refractivity contribution in [2.75, 3.05) is 6.61 Å². The highest BCUT2D eigenvalue weighted by molar-refractivity contribution is 5.88. The molecule has 1 aromatic heterocycles. The van der Waals surface area contributed by atoms with Gasteiger partial charge in [-0.25, -0.2) is 4.79 Å². The van der Waals surface area contributed by atoms with Gasteiger partial charge >= 0.3 is 5.97 Å². The molecule has 0 radical (unpaired) electrons. The third-order valence-electron chi connectivity index (χ3n) is 3.07. The molecule has 0 saturated heterocycles. The first-order chi connectivity index (χ1) is 10.2. The molecule has 21 heavy (non-hydrogen) atoms. The van der Waals surface area contributed by atoms with Crippen molar-refractivity contribution < 1.29 is 14.1 Å². The lowest BCUT2D eigenvalue weighted by Gasteiger charge is -2.00. The fraction of sp³-hybridized carbons (Fsp3) is 0.294. The smallest absolute Gasteiger partial charge is 0.330 e. The molecular weight excluding hydrogens is 266 g/mol. The summed E-state index contributed by atoms with van der Waals surface area (Å²) >= 11 is 0. The Labute approximate surface area is 124 Å². The van der Waals surface area contributed by atoms with Crippen LogP contribution in [0.5, 0.6) is 0 Å². The summed E-state index contributed by atoms with van der Waals surface area (Å²) in [6.45, 7) is 4.35. The summed E-state index contributed by atoms with van der Waals surface area (Å²) in [5, 5.41) is 3.97. The second-order valence-corrected chi connectivity index (χ2v) is 4.73. The van der Waals surface area contributed by atoms with Crippen molar-refractivity contribution in [2.24, 2.45) is 0 Å². The number of carbonyl (C=O) groups excluding carboxylic acids is 1. The van der Waals surface area contributed by atoms with E-state index in [0.717, 1.165) is 29.7 Å². The quantitative estimate of drug-likeness (QED) is 0.457. The molecule has 0 unspecified atom stereocenters. The van der Waals surface area contributed by atoms with Crippen molar-refractivity contribution >= 4 is 12.0 Å². The van der Waals surface area contributed by atoms with Gasteiger partial charge in [-0.15, -0.1) is 0 Å². The number of rotatable bonds is 6. The Kier molecular flexibility index (Phi) is 5.32. The number of aryl methyl sites for hydroxylation is 1. The second kappa shape index (κ2) is 7.43. The molecule has 0 bridgehead atoms. The number of benzene rings is 1. The number of hydrogen-bond acceptors (Lipinski definition) is 4. The summed E-state index contributed by atoms with van der Waals surface area (Å²) in [6.07, 6.45) is 4.99. The first kappa shape index (κ1) is 15.0. The summed E-state index contributed by atoms with van der Waals surface area (Å²) in [7, 11) is 0. The highest BCUT2D eigenvalue weighted by Gasteiger charge is 2.12. The third-order valence-corrected chi connectivity index (χ3v) is 3.07. The molecule has 2 rings (SSSR count). The number of aromatic nitrogens is 1. The molecular formula is C17H19NO3. The van der Waals surface area contributed by atoms with Gasteiger partial charge in [-0.1, -0.05) is 48.8 Å². The predicted octanol–water partition coefficient (Wildman–Crippen LogP) is 4.01. The third kappa shape index (κ3) is 4.05. The van der Waals surface area contributed by atoms with Crippen LogP contribution in [-0.4, -0.2) is 17.7 Å². The molecule has 0 aliphatic heterocycles. The molecule has 4 nitrogen and oxygen atoms in total. The number of carbonyl (C=O) groups is 1. The largest absolute Gasteiger partial charge is 0.463 e. The zero-order valence-corrected chi connectivity index (χ0v) is 12.3. The molecule has 0 atom stereocenters. The monoisotopic (exact) mass is 285 g/mol. The van der Waals surface area contributed by atoms with E-state index >= 15 is 0 Å². The summed E-state index contributed by atoms with van der Waals surface area (Å²) < 4.78 is 10.4. The lowest BCUT2D eigenvalue weighted by Crippen LogP contribution is -2.01. The standard InChI is InChI=1S/C17H19NO3/c1-3-4-12-20-16(19)11-10-15-13(2)18-21-17(15)14-8-6-5-7-9-14/h5-11H,3-4,12H2,1-2H3/b11-10+. The van der Waals surface area contributed by atoms with Gasteiger partial charge in [-0.05, 0) is 19.4 Å². The topological polar surface area (TPSA) is 52.3 Å². The van der Waals surface area contributed by atoms with Gasteiger partial charge in [0.15, 0.2) is 5.76 Å². The van der Waals surface area contributed by atoms with Crippen LogP contribution >= 0.6 is 0 Å². The SMILES string of the molecule is CCCCOC(=O)/C=C/c1c(C)noc1-c1ccccc1. The van der Waals surface area contributed by atoms with Crippen LogP contribution in [0.25, 0.3) is 17.4 Å². The number of nitrogens with zero attached hydrogens (tertiary/aromatic N) is 1. The maximum absolute atomic E-state index is 11.6. The predicted molar refractivity (Wildman–Crippen MR) is 81.6 cm³/mol. The van der Waals surface area contributed by atoms with Crippen LogP contribution < -0.4 is 0 Å². The minimum Gasteiger partial charge on any atom is -0.463 e. The fourth-order valence-electron chi connectivity index (χ4n) is 1.89. The van der Waals surface area contributed by atoms with Gasteiger partial charge in [0.25, 0.3) is 0 Å². The minimum absolute atomic E-state index is 0.344. The van der Waals surface area contributed by atoms with Crippen LogP contribution in [0.1, 0.15) is 31.0 Å². The first-order valence-electron chi connectivity index (χ1n) is 7.09. The molecule has 0 fully saturated rings. The van der Waals surface area contributed by atoms with Gasteiger partial charge in [-0.2, -0.15) is 0 Å². The van der Waals surface area contributed by atoms with Crippen LogP contribution in [0.15, 0.2) is 40.9 Å². The molecule has 0 aliphatic carbocycles. The molecule has 0 spiro atoms. The average Bonchev–Trinajstić information content (AvgIpc) is 2.87. The molecule has 1 aromatic carbocycles. The van der Waals surface area contributed by atoms with E-state index < -0.39 is 0 Å². The van der Waals surface area contributed by atoms with Crippen molar-refractivity contribution in [3.63, 3.8) is 0 Å². The first-order valence-corrected chi connectivity index (χ1v) is 7.09. The molecule has 4 heteroatoms. The van der Waals surface area contributed by atoms with Crippen LogP contribution in [0, 0.1) is 6.92 Å². The fourth-order valence-corrected chi connectivity index (χ4v) is 1.89. The normalized spacial score (nSPS) is 11.0. The van der Waals surface area contributed by atoms with Crippen molar-refractivity contribution in [2.45, 2.75) is 26.7 Å². The van der Waals surface area contributed by atoms with Crippen LogP contribution in [-0.2, 0) is 9.53 Å². The molecule has 0 N–H and O–H groups in total. The number of hydrogen-bond donors (Lipinski definition) is 0. The molecule has 1 heterocycles. The number of esters is 1. The van der Waals surface area contributed by atoms with Crippen LogP contribution in [0.4, 0.5) is 0 Å². The van der Waals surface area contributed by atoms with E-state index in [-0.39, 0.29) is 5.97 Å². The van der Waals surface area contributed by atoms with Gasteiger partial charge < -0.3 is 9.26 Å². The van der Waals surface area contributed by atoms with Gasteiger partial charge in [0.2, 0.25) is 0 Å². The van der Waals surface area contributed by atoms with Crippen molar-refractivity contribution in [3.05, 3.63) is 47.7 Å². The van der Waals surface area contributed by atoms with Crippen molar-refractivity contribution in [1.82, 2.24) is 5.16 Å². The molecule has 2 aromatic rings. The lowest BCUT2D eigenvalue weighted by molar-refractivity contribution is -0.137. The number of unbranched alkanes of at least 4 members (excludes halogenated alkanes) is 1. The maximum Gasteiger partial charge on any atom is 0.330 e. The lowest BCUT2D eigenvalue weighted by atomic mass is 10.1. The van der Waals surface area contributed by atoms with Crippen LogP contribution in [0.3, 0.4) is 0 Å². The zero-order valence-electron chi connectivity index (χ0n) is 12.3. The summed E-state index contributed by atoms with van der Waals surface area (Å²) in [5.41, 5.74) is 2.47. The van der Waals surface area contributed by atoms with Gasteiger partial charge in [0, 0.05) is 17.2 Å². The summed E-state index contributed by atoms with van der Waals surface area (Å²) in [4.78, 5) is 11.6. The molecule has 110 valence electrons. The average molecular weight is 285 g/mol. The van der Waals surface area contributed by atoms with E-state index in [1.54, 1.807) is 6.08 Å². The maximum atomic E-state index is 11.6.